The van der Waals surface area contributed by atoms with E-state index in [4.69, 9.17) is 0 Å². The van der Waals surface area contributed by atoms with E-state index in [1.54, 1.807) is 0 Å². The van der Waals surface area contributed by atoms with Gasteiger partial charge in [0.1, 0.15) is 11.6 Å². The van der Waals surface area contributed by atoms with Gasteiger partial charge >= 0.3 is 0 Å². The highest BCUT2D eigenvalue weighted by Crippen LogP contribution is 2.29. The van der Waals surface area contributed by atoms with Gasteiger partial charge in [0.15, 0.2) is 0 Å². The number of nitrogens with zero attached hydrogens (tertiary/aromatic N) is 5. The van der Waals surface area contributed by atoms with Crippen LogP contribution < -0.4 is 0 Å². The van der Waals surface area contributed by atoms with Crippen LogP contribution in [-0.2, 0) is 20.0 Å². The Morgan fingerprint density at radius 2 is 1.92 bits per heavy atom. The summed E-state index contributed by atoms with van der Waals surface area (Å²) in [5, 5.41) is 4.41. The lowest BCUT2D eigenvalue weighted by atomic mass is 9.95. The molecule has 0 spiro atoms. The van der Waals surface area contributed by atoms with E-state index in [0.717, 1.165) is 24.1 Å². The first kappa shape index (κ1) is 17.7. The van der Waals surface area contributed by atoms with E-state index < -0.39 is 0 Å². The van der Waals surface area contributed by atoms with Gasteiger partial charge in [-0.05, 0) is 50.6 Å². The zero-order valence-electron chi connectivity index (χ0n) is 16.1. The van der Waals surface area contributed by atoms with Gasteiger partial charge in [-0.15, -0.1) is 0 Å². The van der Waals surface area contributed by atoms with Gasteiger partial charge < -0.3 is 4.90 Å². The first-order valence-electron chi connectivity index (χ1n) is 10.0. The second-order valence-electron chi connectivity index (χ2n) is 8.07. The summed E-state index contributed by atoms with van der Waals surface area (Å²) in [5.41, 5.74) is 1.46. The molecule has 3 aliphatic rings. The SMILES string of the molecule is Cc1nc(CN2C[C@H]3CC[C@@H]2CN(CCCc2ccccc2)C3)n(C)n1. The minimum absolute atomic E-state index is 0.669. The fourth-order valence-electron chi connectivity index (χ4n) is 4.68. The summed E-state index contributed by atoms with van der Waals surface area (Å²) >= 11 is 0. The van der Waals surface area contributed by atoms with E-state index in [-0.39, 0.29) is 0 Å². The van der Waals surface area contributed by atoms with Gasteiger partial charge in [-0.1, -0.05) is 30.3 Å². The summed E-state index contributed by atoms with van der Waals surface area (Å²) in [6.07, 6.45) is 5.16. The molecular weight excluding hydrogens is 322 g/mol. The topological polar surface area (TPSA) is 37.2 Å². The number of hydrogen-bond donors (Lipinski definition) is 0. The van der Waals surface area contributed by atoms with Crippen molar-refractivity contribution in [1.82, 2.24) is 24.6 Å². The molecule has 26 heavy (non-hydrogen) atoms. The van der Waals surface area contributed by atoms with Crippen LogP contribution in [0.3, 0.4) is 0 Å². The molecule has 3 fully saturated rings. The Bertz CT molecular complexity index is 710. The van der Waals surface area contributed by atoms with Gasteiger partial charge in [0, 0.05) is 32.7 Å². The van der Waals surface area contributed by atoms with Crippen LogP contribution in [0.4, 0.5) is 0 Å². The van der Waals surface area contributed by atoms with Crippen LogP contribution in [0.25, 0.3) is 0 Å². The molecule has 2 bridgehead atoms. The molecule has 2 atom stereocenters. The molecule has 5 heteroatoms. The van der Waals surface area contributed by atoms with E-state index >= 15 is 0 Å². The Morgan fingerprint density at radius 1 is 1.08 bits per heavy atom. The zero-order chi connectivity index (χ0) is 17.9. The lowest BCUT2D eigenvalue weighted by molar-refractivity contribution is 0.118. The standard InChI is InChI=1S/C21H31N5/c1-17-22-21(24(2)23-17)16-26-14-19-10-11-20(26)15-25(13-19)12-6-9-18-7-4-3-5-8-18/h3-5,7-8,19-20H,6,9-16H2,1-2H3/t19-,20+/m0/s1. The normalized spacial score (nSPS) is 24.1. The van der Waals surface area contributed by atoms with Crippen molar-refractivity contribution in [2.24, 2.45) is 13.0 Å². The van der Waals surface area contributed by atoms with E-state index in [9.17, 15) is 0 Å². The molecule has 0 N–H and O–H groups in total. The van der Waals surface area contributed by atoms with Crippen molar-refractivity contribution in [3.63, 3.8) is 0 Å². The molecule has 5 rings (SSSR count). The predicted octanol–water partition coefficient (Wildman–Crippen LogP) is 2.65. The van der Waals surface area contributed by atoms with E-state index in [0.29, 0.717) is 6.04 Å². The third-order valence-electron chi connectivity index (χ3n) is 5.99. The zero-order valence-corrected chi connectivity index (χ0v) is 16.1. The van der Waals surface area contributed by atoms with Crippen LogP contribution in [0.15, 0.2) is 30.3 Å². The van der Waals surface area contributed by atoms with Gasteiger partial charge in [-0.3, -0.25) is 9.58 Å². The summed E-state index contributed by atoms with van der Waals surface area (Å²) < 4.78 is 1.95. The van der Waals surface area contributed by atoms with Crippen molar-refractivity contribution in [1.29, 1.82) is 0 Å². The van der Waals surface area contributed by atoms with Gasteiger partial charge in [0.2, 0.25) is 0 Å². The van der Waals surface area contributed by atoms with Crippen LogP contribution in [0.1, 0.15) is 36.5 Å². The molecule has 0 amide bonds. The third kappa shape index (κ3) is 4.15. The van der Waals surface area contributed by atoms with Gasteiger partial charge in [-0.25, -0.2) is 4.98 Å². The monoisotopic (exact) mass is 353 g/mol. The maximum atomic E-state index is 4.62. The van der Waals surface area contributed by atoms with E-state index in [2.05, 4.69) is 50.2 Å². The van der Waals surface area contributed by atoms with Gasteiger partial charge in [0.25, 0.3) is 0 Å². The minimum atomic E-state index is 0.669. The highest BCUT2D eigenvalue weighted by atomic mass is 15.4. The molecule has 0 aliphatic carbocycles. The summed E-state index contributed by atoms with van der Waals surface area (Å²) in [5.74, 6) is 2.79. The first-order chi connectivity index (χ1) is 12.7. The highest BCUT2D eigenvalue weighted by Gasteiger charge is 2.35. The minimum Gasteiger partial charge on any atom is -0.301 e. The first-order valence-corrected chi connectivity index (χ1v) is 10.0. The van der Waals surface area contributed by atoms with E-state index in [1.807, 2.05) is 18.7 Å². The number of hydrogen-bond acceptors (Lipinski definition) is 4. The molecule has 0 unspecified atom stereocenters. The number of benzene rings is 1. The summed E-state index contributed by atoms with van der Waals surface area (Å²) in [6.45, 7) is 7.83. The second kappa shape index (κ2) is 7.89. The molecule has 140 valence electrons. The van der Waals surface area contributed by atoms with E-state index in [1.165, 1.54) is 57.4 Å². The Labute approximate surface area is 157 Å². The number of aryl methyl sites for hydroxylation is 3. The lowest BCUT2D eigenvalue weighted by Crippen LogP contribution is -2.43. The molecule has 5 nitrogen and oxygen atoms in total. The molecule has 1 aromatic carbocycles. The average Bonchev–Trinajstić information content (AvgIpc) is 2.79. The molecule has 2 aromatic rings. The van der Waals surface area contributed by atoms with Crippen LogP contribution >= 0.6 is 0 Å². The smallest absolute Gasteiger partial charge is 0.147 e. The van der Waals surface area contributed by atoms with Crippen LogP contribution in [0.2, 0.25) is 0 Å². The second-order valence-corrected chi connectivity index (χ2v) is 8.07. The van der Waals surface area contributed by atoms with Crippen molar-refractivity contribution < 1.29 is 0 Å². The Morgan fingerprint density at radius 3 is 2.69 bits per heavy atom. The average molecular weight is 354 g/mol. The number of rotatable bonds is 6. The Balaban J connectivity index is 1.33. The molecule has 3 saturated heterocycles. The maximum absolute atomic E-state index is 4.62. The number of aromatic nitrogens is 3. The fraction of sp³-hybridized carbons (Fsp3) is 0.619. The number of fused-ring (bicyclic) bond motifs is 4. The van der Waals surface area contributed by atoms with Crippen molar-refractivity contribution in [3.8, 4) is 0 Å². The number of piperidine rings is 1. The largest absolute Gasteiger partial charge is 0.301 e. The molecule has 0 saturated carbocycles. The lowest BCUT2D eigenvalue weighted by Gasteiger charge is -2.35. The Hall–Kier alpha value is -1.72. The van der Waals surface area contributed by atoms with Crippen LogP contribution in [0.5, 0.6) is 0 Å². The third-order valence-corrected chi connectivity index (χ3v) is 5.99. The van der Waals surface area contributed by atoms with Crippen molar-refractivity contribution >= 4 is 0 Å². The Kier molecular flexibility index (Phi) is 5.36. The van der Waals surface area contributed by atoms with Crippen LogP contribution in [-0.4, -0.2) is 56.8 Å². The van der Waals surface area contributed by atoms with Gasteiger partial charge in [-0.2, -0.15) is 5.10 Å². The fourth-order valence-corrected chi connectivity index (χ4v) is 4.68. The maximum Gasteiger partial charge on any atom is 0.147 e. The molecule has 0 radical (unpaired) electrons. The summed E-state index contributed by atoms with van der Waals surface area (Å²) in [4.78, 5) is 9.99. The molecule has 1 aromatic heterocycles. The predicted molar refractivity (Wildman–Crippen MR) is 104 cm³/mol. The molecular formula is C21H31N5. The quantitative estimate of drug-likeness (QED) is 0.800. The summed E-state index contributed by atoms with van der Waals surface area (Å²) in [7, 11) is 2.02. The molecule has 4 heterocycles. The molecule has 3 aliphatic heterocycles. The summed E-state index contributed by atoms with van der Waals surface area (Å²) in [6, 6.07) is 11.6. The highest BCUT2D eigenvalue weighted by molar-refractivity contribution is 5.14. The van der Waals surface area contributed by atoms with Crippen LogP contribution in [0, 0.1) is 12.8 Å². The van der Waals surface area contributed by atoms with Gasteiger partial charge in [0.05, 0.1) is 6.54 Å². The van der Waals surface area contributed by atoms with Crippen molar-refractivity contribution in [2.45, 2.75) is 45.2 Å². The van der Waals surface area contributed by atoms with Crippen molar-refractivity contribution in [3.05, 3.63) is 47.5 Å². The van der Waals surface area contributed by atoms with Crippen molar-refractivity contribution in [2.75, 3.05) is 26.2 Å².